The van der Waals surface area contributed by atoms with Gasteiger partial charge in [-0.05, 0) is 25.1 Å². The van der Waals surface area contributed by atoms with Gasteiger partial charge >= 0.3 is 6.18 Å². The van der Waals surface area contributed by atoms with Crippen LogP contribution in [0.25, 0.3) is 0 Å². The van der Waals surface area contributed by atoms with E-state index in [0.29, 0.717) is 6.61 Å². The molecule has 3 N–H and O–H groups in total. The molecular formula is C10H11F3N2O. The summed E-state index contributed by atoms with van der Waals surface area (Å²) in [5.74, 6) is -0.366. The first-order valence-corrected chi connectivity index (χ1v) is 4.54. The Kier molecular flexibility index (Phi) is 3.41. The van der Waals surface area contributed by atoms with Crippen molar-refractivity contribution in [3.05, 3.63) is 29.3 Å². The first kappa shape index (κ1) is 12.4. The lowest BCUT2D eigenvalue weighted by atomic mass is 10.1. The second-order valence-corrected chi connectivity index (χ2v) is 3.05. The summed E-state index contributed by atoms with van der Waals surface area (Å²) in [6, 6.07) is 3.19. The van der Waals surface area contributed by atoms with Crippen molar-refractivity contribution in [2.24, 2.45) is 5.73 Å². The summed E-state index contributed by atoms with van der Waals surface area (Å²) in [5.41, 5.74) is 3.81. The molecule has 0 aliphatic rings. The second kappa shape index (κ2) is 4.42. The molecule has 1 aromatic rings. The van der Waals surface area contributed by atoms with E-state index in [9.17, 15) is 13.2 Å². The van der Waals surface area contributed by atoms with Crippen LogP contribution in [0.1, 0.15) is 18.1 Å². The standard InChI is InChI=1S/C10H11F3N2O/c1-2-16-6-3-4-8(10(11,12)13)7(5-6)9(14)15/h3-5H,2H2,1H3,(H3,14,15). The molecule has 0 aromatic heterocycles. The molecule has 0 saturated carbocycles. The van der Waals surface area contributed by atoms with E-state index in [1.54, 1.807) is 6.92 Å². The van der Waals surface area contributed by atoms with E-state index in [4.69, 9.17) is 15.9 Å². The lowest BCUT2D eigenvalue weighted by Crippen LogP contribution is -2.19. The van der Waals surface area contributed by atoms with Gasteiger partial charge in [-0.25, -0.2) is 0 Å². The average molecular weight is 232 g/mol. The average Bonchev–Trinajstić information content (AvgIpc) is 2.16. The summed E-state index contributed by atoms with van der Waals surface area (Å²) < 4.78 is 42.6. The predicted molar refractivity (Wildman–Crippen MR) is 53.6 cm³/mol. The minimum Gasteiger partial charge on any atom is -0.494 e. The van der Waals surface area contributed by atoms with Gasteiger partial charge in [0, 0.05) is 5.56 Å². The lowest BCUT2D eigenvalue weighted by Gasteiger charge is -2.13. The molecule has 0 fully saturated rings. The maximum atomic E-state index is 12.5. The van der Waals surface area contributed by atoms with Crippen LogP contribution >= 0.6 is 0 Å². The maximum absolute atomic E-state index is 12.5. The van der Waals surface area contributed by atoms with Gasteiger partial charge in [0.05, 0.1) is 12.2 Å². The highest BCUT2D eigenvalue weighted by atomic mass is 19.4. The van der Waals surface area contributed by atoms with Crippen LogP contribution in [0.5, 0.6) is 5.75 Å². The van der Waals surface area contributed by atoms with Crippen LogP contribution in [0.3, 0.4) is 0 Å². The minimum absolute atomic E-state index is 0.265. The summed E-state index contributed by atoms with van der Waals surface area (Å²) in [6.07, 6.45) is -4.52. The molecule has 0 aliphatic carbocycles. The molecule has 6 heteroatoms. The Balaban J connectivity index is 3.25. The number of nitrogen functional groups attached to an aromatic ring is 1. The zero-order chi connectivity index (χ0) is 12.3. The number of nitrogens with one attached hydrogen (secondary N) is 1. The Morgan fingerprint density at radius 3 is 2.50 bits per heavy atom. The molecule has 1 aromatic carbocycles. The van der Waals surface area contributed by atoms with Gasteiger partial charge in [-0.3, -0.25) is 5.41 Å². The van der Waals surface area contributed by atoms with E-state index < -0.39 is 17.6 Å². The van der Waals surface area contributed by atoms with Crippen LogP contribution in [0.4, 0.5) is 13.2 Å². The van der Waals surface area contributed by atoms with Gasteiger partial charge in [0.1, 0.15) is 11.6 Å². The van der Waals surface area contributed by atoms with Crippen molar-refractivity contribution in [1.29, 1.82) is 5.41 Å². The Morgan fingerprint density at radius 2 is 2.06 bits per heavy atom. The molecule has 3 nitrogen and oxygen atoms in total. The number of hydrogen-bond donors (Lipinski definition) is 2. The largest absolute Gasteiger partial charge is 0.494 e. The number of alkyl halides is 3. The number of rotatable bonds is 3. The van der Waals surface area contributed by atoms with Gasteiger partial charge < -0.3 is 10.5 Å². The van der Waals surface area contributed by atoms with E-state index >= 15 is 0 Å². The van der Waals surface area contributed by atoms with Gasteiger partial charge in [-0.15, -0.1) is 0 Å². The van der Waals surface area contributed by atoms with E-state index in [0.717, 1.165) is 12.1 Å². The highest BCUT2D eigenvalue weighted by Crippen LogP contribution is 2.33. The van der Waals surface area contributed by atoms with Crippen LogP contribution in [0.15, 0.2) is 18.2 Å². The summed E-state index contributed by atoms with van der Waals surface area (Å²) >= 11 is 0. The zero-order valence-corrected chi connectivity index (χ0v) is 8.56. The summed E-state index contributed by atoms with van der Waals surface area (Å²) in [5, 5.41) is 7.11. The molecule has 88 valence electrons. The number of halogens is 3. The molecule has 0 spiro atoms. The third kappa shape index (κ3) is 2.65. The van der Waals surface area contributed by atoms with Gasteiger partial charge in [0.15, 0.2) is 0 Å². The van der Waals surface area contributed by atoms with Crippen LogP contribution in [0, 0.1) is 5.41 Å². The zero-order valence-electron chi connectivity index (χ0n) is 8.56. The van der Waals surface area contributed by atoms with Gasteiger partial charge in [0.2, 0.25) is 0 Å². The topological polar surface area (TPSA) is 59.1 Å². The third-order valence-corrected chi connectivity index (χ3v) is 1.90. The van der Waals surface area contributed by atoms with Crippen molar-refractivity contribution in [2.75, 3.05) is 6.61 Å². The SMILES string of the molecule is CCOc1ccc(C(F)(F)F)c(C(=N)N)c1. The number of amidine groups is 1. The Hall–Kier alpha value is -1.72. The van der Waals surface area contributed by atoms with E-state index in [-0.39, 0.29) is 11.3 Å². The van der Waals surface area contributed by atoms with Crippen molar-refractivity contribution in [1.82, 2.24) is 0 Å². The van der Waals surface area contributed by atoms with Crippen molar-refractivity contribution >= 4 is 5.84 Å². The Bertz CT molecular complexity index is 402. The Labute approximate surface area is 90.5 Å². The Morgan fingerprint density at radius 1 is 1.44 bits per heavy atom. The predicted octanol–water partition coefficient (Wildman–Crippen LogP) is 2.39. The van der Waals surface area contributed by atoms with Crippen LogP contribution in [-0.4, -0.2) is 12.4 Å². The fourth-order valence-electron chi connectivity index (χ4n) is 1.25. The highest BCUT2D eigenvalue weighted by Gasteiger charge is 2.34. The number of nitrogens with two attached hydrogens (primary N) is 1. The highest BCUT2D eigenvalue weighted by molar-refractivity contribution is 5.97. The van der Waals surface area contributed by atoms with E-state index in [2.05, 4.69) is 0 Å². The molecule has 0 aliphatic heterocycles. The van der Waals surface area contributed by atoms with Gasteiger partial charge in [-0.2, -0.15) is 13.2 Å². The van der Waals surface area contributed by atoms with Crippen LogP contribution in [-0.2, 0) is 6.18 Å². The molecule has 0 unspecified atom stereocenters. The minimum atomic E-state index is -4.52. The van der Waals surface area contributed by atoms with Crippen LogP contribution < -0.4 is 10.5 Å². The van der Waals surface area contributed by atoms with E-state index in [1.165, 1.54) is 6.07 Å². The lowest BCUT2D eigenvalue weighted by molar-refractivity contribution is -0.137. The summed E-state index contributed by atoms with van der Waals surface area (Å²) in [7, 11) is 0. The molecule has 0 heterocycles. The van der Waals surface area contributed by atoms with Gasteiger partial charge in [-0.1, -0.05) is 0 Å². The molecule has 0 amide bonds. The molecule has 0 bridgehead atoms. The second-order valence-electron chi connectivity index (χ2n) is 3.05. The van der Waals surface area contributed by atoms with Crippen LogP contribution in [0.2, 0.25) is 0 Å². The molecule has 0 radical (unpaired) electrons. The molecule has 1 rings (SSSR count). The van der Waals surface area contributed by atoms with Crippen molar-refractivity contribution in [3.8, 4) is 5.75 Å². The normalized spacial score (nSPS) is 11.2. The first-order valence-electron chi connectivity index (χ1n) is 4.54. The van der Waals surface area contributed by atoms with Crippen molar-refractivity contribution < 1.29 is 17.9 Å². The number of ether oxygens (including phenoxy) is 1. The smallest absolute Gasteiger partial charge is 0.417 e. The number of hydrogen-bond acceptors (Lipinski definition) is 2. The maximum Gasteiger partial charge on any atom is 0.417 e. The molecule has 16 heavy (non-hydrogen) atoms. The van der Waals surface area contributed by atoms with Crippen molar-refractivity contribution in [3.63, 3.8) is 0 Å². The quantitative estimate of drug-likeness (QED) is 0.621. The number of benzene rings is 1. The molecule has 0 saturated heterocycles. The summed E-state index contributed by atoms with van der Waals surface area (Å²) in [4.78, 5) is 0. The van der Waals surface area contributed by atoms with E-state index in [1.807, 2.05) is 0 Å². The van der Waals surface area contributed by atoms with Gasteiger partial charge in [0.25, 0.3) is 0 Å². The molecular weight excluding hydrogens is 221 g/mol. The molecule has 0 atom stereocenters. The fraction of sp³-hybridized carbons (Fsp3) is 0.300. The third-order valence-electron chi connectivity index (χ3n) is 1.90. The fourth-order valence-corrected chi connectivity index (χ4v) is 1.25. The monoisotopic (exact) mass is 232 g/mol. The summed E-state index contributed by atoms with van der Waals surface area (Å²) in [6.45, 7) is 2.05. The van der Waals surface area contributed by atoms with Crippen molar-refractivity contribution in [2.45, 2.75) is 13.1 Å². The first-order chi connectivity index (χ1) is 7.36.